The Balaban J connectivity index is 1.28. The lowest BCUT2D eigenvalue weighted by Crippen LogP contribution is -2.56. The van der Waals surface area contributed by atoms with Gasteiger partial charge in [0.1, 0.15) is 12.4 Å². The van der Waals surface area contributed by atoms with Crippen molar-refractivity contribution in [1.29, 1.82) is 0 Å². The summed E-state index contributed by atoms with van der Waals surface area (Å²) in [4.78, 5) is 32.3. The summed E-state index contributed by atoms with van der Waals surface area (Å²) in [6, 6.07) is 11.6. The van der Waals surface area contributed by atoms with E-state index in [1.54, 1.807) is 12.0 Å². The molecule has 1 saturated heterocycles. The second-order valence-electron chi connectivity index (χ2n) is 10.8. The van der Waals surface area contributed by atoms with Gasteiger partial charge in [-0.15, -0.1) is 0 Å². The van der Waals surface area contributed by atoms with Gasteiger partial charge in [-0.25, -0.2) is 4.79 Å². The number of nitrogens with zero attached hydrogens (tertiary/aromatic N) is 3. The van der Waals surface area contributed by atoms with Crippen LogP contribution in [0.4, 0.5) is 16.2 Å². The highest BCUT2D eigenvalue weighted by molar-refractivity contribution is 6.30. The Labute approximate surface area is 217 Å². The SMILES string of the molecule is COc1ccc2c(c1)C(C)CC(C)(C)N2C(=O)CN1CCC(N2C(=O)OCc3cc(Cl)ccc32)CC1. The molecule has 0 bridgehead atoms. The van der Waals surface area contributed by atoms with Crippen LogP contribution in [0.5, 0.6) is 5.75 Å². The number of fused-ring (bicyclic) bond motifs is 2. The minimum atomic E-state index is -0.310. The highest BCUT2D eigenvalue weighted by Gasteiger charge is 2.41. The number of carbonyl (C=O) groups is 2. The molecule has 3 aliphatic rings. The van der Waals surface area contributed by atoms with Crippen LogP contribution >= 0.6 is 11.6 Å². The molecule has 2 aromatic rings. The van der Waals surface area contributed by atoms with Crippen LogP contribution in [0.25, 0.3) is 0 Å². The summed E-state index contributed by atoms with van der Waals surface area (Å²) in [6.45, 7) is 8.58. The average molecular weight is 512 g/mol. The van der Waals surface area contributed by atoms with Crippen LogP contribution in [-0.4, -0.2) is 55.2 Å². The minimum absolute atomic E-state index is 0.0320. The highest BCUT2D eigenvalue weighted by atomic mass is 35.5. The number of amides is 2. The van der Waals surface area contributed by atoms with Crippen molar-refractivity contribution in [2.24, 2.45) is 0 Å². The van der Waals surface area contributed by atoms with E-state index in [-0.39, 0.29) is 30.2 Å². The lowest BCUT2D eigenvalue weighted by Gasteiger charge is -2.47. The van der Waals surface area contributed by atoms with Crippen LogP contribution in [0.3, 0.4) is 0 Å². The smallest absolute Gasteiger partial charge is 0.414 e. The van der Waals surface area contributed by atoms with Crippen LogP contribution in [0.2, 0.25) is 5.02 Å². The predicted molar refractivity (Wildman–Crippen MR) is 141 cm³/mol. The molecule has 192 valence electrons. The second-order valence-corrected chi connectivity index (χ2v) is 11.2. The fraction of sp³-hybridized carbons (Fsp3) is 0.500. The number of hydrogen-bond acceptors (Lipinski definition) is 5. The van der Waals surface area contributed by atoms with Crippen LogP contribution < -0.4 is 14.5 Å². The van der Waals surface area contributed by atoms with E-state index in [9.17, 15) is 9.59 Å². The number of anilines is 2. The zero-order valence-electron chi connectivity index (χ0n) is 21.4. The molecule has 2 aromatic carbocycles. The van der Waals surface area contributed by atoms with Crippen molar-refractivity contribution in [2.75, 3.05) is 36.5 Å². The van der Waals surface area contributed by atoms with Gasteiger partial charge in [0.25, 0.3) is 0 Å². The number of rotatable bonds is 4. The van der Waals surface area contributed by atoms with Crippen LogP contribution in [0.1, 0.15) is 57.1 Å². The number of halogens is 1. The Hall–Kier alpha value is -2.77. The van der Waals surface area contributed by atoms with Gasteiger partial charge in [-0.3, -0.25) is 14.6 Å². The maximum atomic E-state index is 13.7. The van der Waals surface area contributed by atoms with Crippen LogP contribution in [0, 0.1) is 0 Å². The average Bonchev–Trinajstić information content (AvgIpc) is 2.84. The number of likely N-dealkylation sites (tertiary alicyclic amines) is 1. The molecule has 0 aliphatic carbocycles. The molecule has 0 radical (unpaired) electrons. The second kappa shape index (κ2) is 9.60. The van der Waals surface area contributed by atoms with Gasteiger partial charge in [0.15, 0.2) is 0 Å². The molecule has 1 unspecified atom stereocenters. The molecule has 2 amide bonds. The molecule has 7 nitrogen and oxygen atoms in total. The summed E-state index contributed by atoms with van der Waals surface area (Å²) in [7, 11) is 1.67. The molecule has 0 saturated carbocycles. The zero-order chi connectivity index (χ0) is 25.6. The van der Waals surface area contributed by atoms with Gasteiger partial charge < -0.3 is 14.4 Å². The topological polar surface area (TPSA) is 62.3 Å². The number of carbonyl (C=O) groups excluding carboxylic acids is 2. The molecule has 0 N–H and O–H groups in total. The summed E-state index contributed by atoms with van der Waals surface area (Å²) in [5.74, 6) is 1.26. The van der Waals surface area contributed by atoms with E-state index in [1.165, 1.54) is 0 Å². The number of cyclic esters (lactones) is 1. The van der Waals surface area contributed by atoms with Crippen molar-refractivity contribution in [2.45, 2.75) is 64.1 Å². The molecular weight excluding hydrogens is 478 g/mol. The molecular formula is C28H34ClN3O4. The number of benzene rings is 2. The molecule has 3 heterocycles. The van der Waals surface area contributed by atoms with E-state index in [0.717, 1.165) is 60.6 Å². The minimum Gasteiger partial charge on any atom is -0.497 e. The standard InChI is InChI=1S/C28H34ClN3O4/c1-18-15-28(2,3)32(25-8-6-22(35-4)14-23(18)25)26(33)16-30-11-9-21(10-12-30)31-24-7-5-20(29)13-19(24)17-36-27(31)34/h5-8,13-14,18,21H,9-12,15-17H2,1-4H3. The van der Waals surface area contributed by atoms with Gasteiger partial charge in [-0.05, 0) is 81.0 Å². The molecule has 5 rings (SSSR count). The number of piperidine rings is 1. The Bertz CT molecular complexity index is 1180. The Morgan fingerprint density at radius 2 is 1.86 bits per heavy atom. The fourth-order valence-electron chi connectivity index (χ4n) is 6.16. The van der Waals surface area contributed by atoms with Crippen molar-refractivity contribution in [3.63, 3.8) is 0 Å². The molecule has 1 atom stereocenters. The largest absolute Gasteiger partial charge is 0.497 e. The normalized spacial score (nSPS) is 22.0. The van der Waals surface area contributed by atoms with Gasteiger partial charge >= 0.3 is 6.09 Å². The van der Waals surface area contributed by atoms with E-state index in [2.05, 4.69) is 31.7 Å². The first-order valence-corrected chi connectivity index (χ1v) is 13.0. The van der Waals surface area contributed by atoms with Crippen LogP contribution in [-0.2, 0) is 16.1 Å². The third kappa shape index (κ3) is 4.55. The fourth-order valence-corrected chi connectivity index (χ4v) is 6.36. The lowest BCUT2D eigenvalue weighted by molar-refractivity contribution is -0.121. The van der Waals surface area contributed by atoms with Gasteiger partial charge in [-0.2, -0.15) is 0 Å². The monoisotopic (exact) mass is 511 g/mol. The summed E-state index contributed by atoms with van der Waals surface area (Å²) >= 11 is 6.15. The quantitative estimate of drug-likeness (QED) is 0.535. The van der Waals surface area contributed by atoms with Crippen molar-refractivity contribution >= 4 is 35.0 Å². The van der Waals surface area contributed by atoms with Gasteiger partial charge in [0.05, 0.1) is 19.3 Å². The highest BCUT2D eigenvalue weighted by Crippen LogP contribution is 2.44. The van der Waals surface area contributed by atoms with Gasteiger partial charge in [0.2, 0.25) is 5.91 Å². The van der Waals surface area contributed by atoms with Crippen molar-refractivity contribution in [3.8, 4) is 5.75 Å². The van der Waals surface area contributed by atoms with Crippen molar-refractivity contribution in [3.05, 3.63) is 52.5 Å². The maximum Gasteiger partial charge on any atom is 0.414 e. The number of hydrogen-bond donors (Lipinski definition) is 0. The summed E-state index contributed by atoms with van der Waals surface area (Å²) < 4.78 is 10.9. The van der Waals surface area contributed by atoms with Gasteiger partial charge in [-0.1, -0.05) is 18.5 Å². The molecule has 8 heteroatoms. The molecule has 1 fully saturated rings. The van der Waals surface area contributed by atoms with Gasteiger partial charge in [0, 0.05) is 40.9 Å². The molecule has 3 aliphatic heterocycles. The third-order valence-electron chi connectivity index (χ3n) is 7.80. The number of ether oxygens (including phenoxy) is 2. The van der Waals surface area contributed by atoms with Crippen molar-refractivity contribution in [1.82, 2.24) is 4.90 Å². The molecule has 0 spiro atoms. The van der Waals surface area contributed by atoms with E-state index in [1.807, 2.05) is 35.2 Å². The molecule has 36 heavy (non-hydrogen) atoms. The van der Waals surface area contributed by atoms with E-state index >= 15 is 0 Å². The Morgan fingerprint density at radius 1 is 1.14 bits per heavy atom. The Kier molecular flexibility index (Phi) is 6.64. The summed E-state index contributed by atoms with van der Waals surface area (Å²) in [6.07, 6.45) is 2.13. The Morgan fingerprint density at radius 3 is 2.58 bits per heavy atom. The van der Waals surface area contributed by atoms with E-state index < -0.39 is 0 Å². The van der Waals surface area contributed by atoms with E-state index in [4.69, 9.17) is 21.1 Å². The van der Waals surface area contributed by atoms with Crippen LogP contribution in [0.15, 0.2) is 36.4 Å². The maximum absolute atomic E-state index is 13.7. The third-order valence-corrected chi connectivity index (χ3v) is 8.03. The zero-order valence-corrected chi connectivity index (χ0v) is 22.2. The molecule has 0 aromatic heterocycles. The lowest BCUT2D eigenvalue weighted by atomic mass is 9.80. The summed E-state index contributed by atoms with van der Waals surface area (Å²) in [5.41, 5.74) is 3.66. The predicted octanol–water partition coefficient (Wildman–Crippen LogP) is 5.59. The first-order valence-electron chi connectivity index (χ1n) is 12.7. The first-order chi connectivity index (χ1) is 17.2. The van der Waals surface area contributed by atoms with E-state index in [0.29, 0.717) is 17.5 Å². The summed E-state index contributed by atoms with van der Waals surface area (Å²) in [5, 5.41) is 0.634. The van der Waals surface area contributed by atoms with Crippen molar-refractivity contribution < 1.29 is 19.1 Å². The first kappa shape index (κ1) is 24.9. The number of methoxy groups -OCH3 is 1.